The van der Waals surface area contributed by atoms with Gasteiger partial charge in [-0.3, -0.25) is 0 Å². The third-order valence-corrected chi connectivity index (χ3v) is 12.9. The van der Waals surface area contributed by atoms with Gasteiger partial charge in [-0.05, 0) is 0 Å². The molecule has 3 rings (SSSR count). The molecule has 132 valence electrons. The van der Waals surface area contributed by atoms with Gasteiger partial charge in [-0.15, -0.1) is 0 Å². The monoisotopic (exact) mass is 466 g/mol. The van der Waals surface area contributed by atoms with Crippen molar-refractivity contribution in [3.63, 3.8) is 0 Å². The Balaban J connectivity index is 0.00000144. The van der Waals surface area contributed by atoms with Gasteiger partial charge in [-0.2, -0.15) is 0 Å². The van der Waals surface area contributed by atoms with Gasteiger partial charge in [0.25, 0.3) is 0 Å². The van der Waals surface area contributed by atoms with Crippen LogP contribution in [0, 0.1) is 0 Å². The molecule has 1 aliphatic heterocycles. The minimum absolute atomic E-state index is 0. The predicted molar refractivity (Wildman–Crippen MR) is 83.0 cm³/mol. The summed E-state index contributed by atoms with van der Waals surface area (Å²) in [5, 5.41) is 21.0. The van der Waals surface area contributed by atoms with Crippen molar-refractivity contribution < 1.29 is 67.7 Å². The topological polar surface area (TPSA) is 58.9 Å². The Morgan fingerprint density at radius 2 is 1.33 bits per heavy atom. The predicted octanol–water partition coefficient (Wildman–Crippen LogP) is -4.02. The number of hydrogen-bond acceptors (Lipinski definition) is 4. The maximum Gasteiger partial charge on any atom is -1.00 e. The molecule has 0 aromatic heterocycles. The summed E-state index contributed by atoms with van der Waals surface area (Å²) < 4.78 is 14.9. The van der Waals surface area contributed by atoms with Crippen LogP contribution in [0.25, 0.3) is 0 Å². The normalized spacial score (nSPS) is 19.8. The molecular weight excluding hydrogens is 446 g/mol. The third kappa shape index (κ3) is 3.94. The SMILES string of the molecule is C[Si]1(C)C2=[C](CC=C2OCCO)[Zr+2][C]2=C1C(OCCO)=CC2.[Cl-].[Cl-]. The Hall–Kier alpha value is 0.160. The number of aliphatic hydroxyl groups excluding tert-OH is 2. The third-order valence-electron chi connectivity index (χ3n) is 4.33. The fourth-order valence-electron chi connectivity index (χ4n) is 3.57. The Labute approximate surface area is 168 Å². The van der Waals surface area contributed by atoms with Gasteiger partial charge >= 0.3 is 144 Å². The number of rotatable bonds is 6. The van der Waals surface area contributed by atoms with Crippen LogP contribution in [0.15, 0.2) is 40.6 Å². The molecule has 8 heteroatoms. The molecular formula is C16H22Cl2O4SiZr. The molecule has 2 aliphatic carbocycles. The molecule has 24 heavy (non-hydrogen) atoms. The van der Waals surface area contributed by atoms with Crippen LogP contribution < -0.4 is 24.8 Å². The first-order valence-corrected chi connectivity index (χ1v) is 13.2. The standard InChI is InChI=1S/C16H22O4Si.2ClH.Zr/c1-21(2,15-7-3-5-13(15)19-11-9-17)16-8-4-6-14(16)20-12-10-18;;;/h5-6,17-18H,3-4,9-12H2,1-2H3;2*1H;/q;;;+2/p-2. The molecule has 0 aromatic carbocycles. The number of ether oxygens (including phenoxy) is 2. The Kier molecular flexibility index (Phi) is 8.51. The Bertz CT molecular complexity index is 561. The van der Waals surface area contributed by atoms with E-state index in [4.69, 9.17) is 19.7 Å². The summed E-state index contributed by atoms with van der Waals surface area (Å²) in [7, 11) is -1.82. The van der Waals surface area contributed by atoms with E-state index in [0.29, 0.717) is 13.2 Å². The largest absolute Gasteiger partial charge is 1.00 e. The smallest absolute Gasteiger partial charge is 1.00 e. The summed E-state index contributed by atoms with van der Waals surface area (Å²) in [6.07, 6.45) is 6.50. The van der Waals surface area contributed by atoms with Crippen LogP contribution in [0.5, 0.6) is 0 Å². The van der Waals surface area contributed by atoms with E-state index in [-0.39, 0.29) is 38.0 Å². The second kappa shape index (κ2) is 9.20. The molecule has 1 heterocycles. The van der Waals surface area contributed by atoms with Crippen molar-refractivity contribution in [3.05, 3.63) is 40.6 Å². The fraction of sp³-hybridized carbons (Fsp3) is 0.500. The van der Waals surface area contributed by atoms with E-state index >= 15 is 0 Å². The minimum atomic E-state index is -1.82. The molecule has 4 nitrogen and oxygen atoms in total. The van der Waals surface area contributed by atoms with E-state index in [9.17, 15) is 0 Å². The van der Waals surface area contributed by atoms with E-state index in [1.165, 1.54) is 10.4 Å². The first-order chi connectivity index (χ1) is 10.6. The number of allylic oxidation sites excluding steroid dienone is 6. The summed E-state index contributed by atoms with van der Waals surface area (Å²) in [6.45, 7) is 5.60. The zero-order valence-corrected chi connectivity index (χ0v) is 18.8. The van der Waals surface area contributed by atoms with E-state index in [0.717, 1.165) is 24.4 Å². The van der Waals surface area contributed by atoms with Crippen LogP contribution in [0.3, 0.4) is 0 Å². The summed E-state index contributed by atoms with van der Waals surface area (Å²) in [6, 6.07) is 0. The molecule has 0 radical (unpaired) electrons. The number of aliphatic hydroxyl groups is 2. The van der Waals surface area contributed by atoms with Crippen molar-refractivity contribution >= 4 is 8.07 Å². The average Bonchev–Trinajstić information content (AvgIpc) is 3.08. The molecule has 0 atom stereocenters. The van der Waals surface area contributed by atoms with Crippen molar-refractivity contribution in [2.75, 3.05) is 26.4 Å². The fourth-order valence-corrected chi connectivity index (χ4v) is 15.6. The second-order valence-electron chi connectivity index (χ2n) is 6.15. The molecule has 0 fully saturated rings. The van der Waals surface area contributed by atoms with Crippen LogP contribution in [-0.2, 0) is 32.7 Å². The maximum atomic E-state index is 9.03. The molecule has 0 bridgehead atoms. The van der Waals surface area contributed by atoms with Gasteiger partial charge in [-0.1, -0.05) is 0 Å². The Morgan fingerprint density at radius 1 is 0.917 bits per heavy atom. The summed E-state index contributed by atoms with van der Waals surface area (Å²) in [5.41, 5.74) is 0. The van der Waals surface area contributed by atoms with E-state index in [1.54, 1.807) is 6.56 Å². The van der Waals surface area contributed by atoms with Crippen LogP contribution in [0.1, 0.15) is 12.8 Å². The molecule has 0 aromatic rings. The molecule has 0 saturated carbocycles. The summed E-state index contributed by atoms with van der Waals surface area (Å²) in [5.74, 6) is 2.03. The first kappa shape index (κ1) is 22.2. The molecule has 2 N–H and O–H groups in total. The molecule has 0 amide bonds. The van der Waals surface area contributed by atoms with Crippen molar-refractivity contribution in [1.29, 1.82) is 0 Å². The van der Waals surface area contributed by atoms with Crippen molar-refractivity contribution in [2.45, 2.75) is 25.9 Å². The average molecular weight is 469 g/mol. The quantitative estimate of drug-likeness (QED) is 0.390. The van der Waals surface area contributed by atoms with Crippen LogP contribution in [-0.4, -0.2) is 44.7 Å². The van der Waals surface area contributed by atoms with Crippen molar-refractivity contribution in [1.82, 2.24) is 0 Å². The van der Waals surface area contributed by atoms with Gasteiger partial charge in [0.2, 0.25) is 0 Å². The zero-order chi connectivity index (χ0) is 15.7. The van der Waals surface area contributed by atoms with Gasteiger partial charge in [-0.25, -0.2) is 0 Å². The molecule has 3 aliphatic rings. The number of hydrogen-bond donors (Lipinski definition) is 2. The van der Waals surface area contributed by atoms with Gasteiger partial charge in [0, 0.05) is 0 Å². The summed E-state index contributed by atoms with van der Waals surface area (Å²) in [4.78, 5) is 0. The minimum Gasteiger partial charge on any atom is -1.00 e. The van der Waals surface area contributed by atoms with Gasteiger partial charge < -0.3 is 24.8 Å². The van der Waals surface area contributed by atoms with Gasteiger partial charge in [0.1, 0.15) is 0 Å². The van der Waals surface area contributed by atoms with Crippen LogP contribution >= 0.6 is 0 Å². The van der Waals surface area contributed by atoms with Crippen LogP contribution in [0.4, 0.5) is 0 Å². The molecule has 0 saturated heterocycles. The van der Waals surface area contributed by atoms with Crippen molar-refractivity contribution in [2.24, 2.45) is 0 Å². The molecule has 0 unspecified atom stereocenters. The number of halogens is 2. The maximum absolute atomic E-state index is 9.03. The zero-order valence-electron chi connectivity index (χ0n) is 13.9. The first-order valence-electron chi connectivity index (χ1n) is 7.72. The van der Waals surface area contributed by atoms with Gasteiger partial charge in [0.15, 0.2) is 0 Å². The molecule has 0 spiro atoms. The van der Waals surface area contributed by atoms with E-state index in [1.807, 2.05) is 0 Å². The van der Waals surface area contributed by atoms with Crippen LogP contribution in [0.2, 0.25) is 13.1 Å². The Morgan fingerprint density at radius 3 is 1.71 bits per heavy atom. The summed E-state index contributed by atoms with van der Waals surface area (Å²) >= 11 is -0.724. The van der Waals surface area contributed by atoms with E-state index < -0.39 is 31.3 Å². The van der Waals surface area contributed by atoms with Gasteiger partial charge in [0.05, 0.1) is 0 Å². The van der Waals surface area contributed by atoms with E-state index in [2.05, 4.69) is 25.2 Å². The van der Waals surface area contributed by atoms with Crippen molar-refractivity contribution in [3.8, 4) is 0 Å². The second-order valence-corrected chi connectivity index (χ2v) is 14.0.